The molecule has 76 valence electrons. The van der Waals surface area contributed by atoms with Crippen LogP contribution in [0.5, 0.6) is 0 Å². The fraction of sp³-hybridized carbons (Fsp3) is 0.833. The van der Waals surface area contributed by atoms with Crippen molar-refractivity contribution in [3.05, 3.63) is 11.1 Å². The summed E-state index contributed by atoms with van der Waals surface area (Å²) in [5, 5.41) is 0. The molecule has 0 aromatic carbocycles. The van der Waals surface area contributed by atoms with Gasteiger partial charge in [-0.2, -0.15) is 0 Å². The fourth-order valence-electron chi connectivity index (χ4n) is 2.30. The smallest absolute Gasteiger partial charge is 0.0195 e. The molecule has 13 heavy (non-hydrogen) atoms. The molecular weight excluding hydrogens is 158 g/mol. The van der Waals surface area contributed by atoms with Crippen molar-refractivity contribution in [2.24, 2.45) is 0 Å². The van der Waals surface area contributed by atoms with Crippen LogP contribution in [0, 0.1) is 0 Å². The predicted octanol–water partition coefficient (Wildman–Crippen LogP) is 3.22. The van der Waals surface area contributed by atoms with Gasteiger partial charge in [-0.1, -0.05) is 25.0 Å². The van der Waals surface area contributed by atoms with Gasteiger partial charge in [0.05, 0.1) is 0 Å². The van der Waals surface area contributed by atoms with E-state index in [1.54, 1.807) is 11.1 Å². The monoisotopic (exact) mass is 181 g/mol. The Labute approximate surface area is 82.8 Å². The Balaban J connectivity index is 0.000000396. The summed E-state index contributed by atoms with van der Waals surface area (Å²) >= 11 is 0. The van der Waals surface area contributed by atoms with Gasteiger partial charge in [0, 0.05) is 12.6 Å². The van der Waals surface area contributed by atoms with Gasteiger partial charge in [0.2, 0.25) is 0 Å². The zero-order valence-electron chi connectivity index (χ0n) is 9.56. The van der Waals surface area contributed by atoms with Crippen LogP contribution in [0.15, 0.2) is 11.1 Å². The Bertz CT molecular complexity index is 173. The van der Waals surface area contributed by atoms with E-state index in [-0.39, 0.29) is 0 Å². The van der Waals surface area contributed by atoms with E-state index in [1.165, 1.54) is 32.4 Å². The quantitative estimate of drug-likeness (QED) is 0.519. The van der Waals surface area contributed by atoms with Crippen LogP contribution < -0.4 is 0 Å². The van der Waals surface area contributed by atoms with Crippen molar-refractivity contribution in [1.29, 1.82) is 0 Å². The lowest BCUT2D eigenvalue weighted by molar-refractivity contribution is 0.257. The number of rotatable bonds is 0. The van der Waals surface area contributed by atoms with Crippen molar-refractivity contribution >= 4 is 0 Å². The molecule has 0 amide bonds. The van der Waals surface area contributed by atoms with Crippen molar-refractivity contribution in [3.8, 4) is 0 Å². The molecule has 1 fully saturated rings. The molecule has 0 aliphatic carbocycles. The molecule has 0 bridgehead atoms. The third-order valence-corrected chi connectivity index (χ3v) is 3.21. The number of nitrogens with zero attached hydrogens (tertiary/aromatic N) is 1. The Morgan fingerprint density at radius 3 is 2.54 bits per heavy atom. The van der Waals surface area contributed by atoms with Crippen molar-refractivity contribution in [2.75, 3.05) is 13.1 Å². The molecule has 0 aromatic rings. The molecule has 2 heterocycles. The van der Waals surface area contributed by atoms with Gasteiger partial charge in [-0.05, 0) is 39.7 Å². The van der Waals surface area contributed by atoms with E-state index in [2.05, 4.69) is 18.7 Å². The summed E-state index contributed by atoms with van der Waals surface area (Å²) in [6.45, 7) is 11.2. The second-order valence-electron chi connectivity index (χ2n) is 4.03. The summed E-state index contributed by atoms with van der Waals surface area (Å²) in [7, 11) is 0. The summed E-state index contributed by atoms with van der Waals surface area (Å²) in [4.78, 5) is 2.64. The van der Waals surface area contributed by atoms with Crippen LogP contribution in [0.3, 0.4) is 0 Å². The average Bonchev–Trinajstić information content (AvgIpc) is 2.56. The van der Waals surface area contributed by atoms with Crippen LogP contribution in [0.1, 0.15) is 47.0 Å². The van der Waals surface area contributed by atoms with Gasteiger partial charge in [-0.3, -0.25) is 4.90 Å². The maximum atomic E-state index is 2.64. The molecule has 2 rings (SSSR count). The first kappa shape index (κ1) is 10.8. The molecule has 1 unspecified atom stereocenters. The predicted molar refractivity (Wildman–Crippen MR) is 58.9 cm³/mol. The summed E-state index contributed by atoms with van der Waals surface area (Å²) in [6, 6.07) is 0.902. The van der Waals surface area contributed by atoms with Crippen LogP contribution in [0.4, 0.5) is 0 Å². The van der Waals surface area contributed by atoms with Gasteiger partial charge in [0.15, 0.2) is 0 Å². The third kappa shape index (κ3) is 2.34. The minimum Gasteiger partial charge on any atom is -0.296 e. The Kier molecular flexibility index (Phi) is 3.98. The first-order chi connectivity index (χ1) is 6.27. The van der Waals surface area contributed by atoms with E-state index in [1.807, 2.05) is 13.8 Å². The van der Waals surface area contributed by atoms with Gasteiger partial charge in [-0.25, -0.2) is 0 Å². The molecule has 0 radical (unpaired) electrons. The van der Waals surface area contributed by atoms with Crippen molar-refractivity contribution < 1.29 is 0 Å². The zero-order valence-corrected chi connectivity index (χ0v) is 9.56. The van der Waals surface area contributed by atoms with Crippen LogP contribution >= 0.6 is 0 Å². The summed E-state index contributed by atoms with van der Waals surface area (Å²) in [5.41, 5.74) is 3.26. The minimum absolute atomic E-state index is 0.902. The SMILES string of the molecule is CC.CC1=C(C)CN2CCCC2C1. The van der Waals surface area contributed by atoms with Gasteiger partial charge < -0.3 is 0 Å². The van der Waals surface area contributed by atoms with Gasteiger partial charge in [0.25, 0.3) is 0 Å². The lowest BCUT2D eigenvalue weighted by Gasteiger charge is -2.31. The summed E-state index contributed by atoms with van der Waals surface area (Å²) in [5.74, 6) is 0. The highest BCUT2D eigenvalue weighted by Gasteiger charge is 2.28. The fourth-order valence-corrected chi connectivity index (χ4v) is 2.30. The van der Waals surface area contributed by atoms with E-state index in [0.29, 0.717) is 0 Å². The standard InChI is InChI=1S/C10H17N.C2H6/c1-8-6-10-4-3-5-11(10)7-9(8)2;1-2/h10H,3-7H2,1-2H3;1-2H3. The number of hydrogen-bond acceptors (Lipinski definition) is 1. The maximum Gasteiger partial charge on any atom is 0.0195 e. The van der Waals surface area contributed by atoms with Crippen LogP contribution in [0.25, 0.3) is 0 Å². The van der Waals surface area contributed by atoms with Crippen molar-refractivity contribution in [1.82, 2.24) is 4.90 Å². The Morgan fingerprint density at radius 2 is 1.85 bits per heavy atom. The summed E-state index contributed by atoms with van der Waals surface area (Å²) < 4.78 is 0. The number of fused-ring (bicyclic) bond motifs is 1. The van der Waals surface area contributed by atoms with E-state index in [9.17, 15) is 0 Å². The topological polar surface area (TPSA) is 3.24 Å². The normalized spacial score (nSPS) is 28.2. The van der Waals surface area contributed by atoms with Gasteiger partial charge in [0.1, 0.15) is 0 Å². The highest BCUT2D eigenvalue weighted by molar-refractivity contribution is 5.17. The van der Waals surface area contributed by atoms with Gasteiger partial charge in [-0.15, -0.1) is 0 Å². The Morgan fingerprint density at radius 1 is 1.15 bits per heavy atom. The molecule has 1 nitrogen and oxygen atoms in total. The lowest BCUT2D eigenvalue weighted by atomic mass is 9.97. The van der Waals surface area contributed by atoms with Crippen molar-refractivity contribution in [2.45, 2.75) is 53.0 Å². The highest BCUT2D eigenvalue weighted by Crippen LogP contribution is 2.29. The van der Waals surface area contributed by atoms with E-state index in [0.717, 1.165) is 6.04 Å². The van der Waals surface area contributed by atoms with Crippen molar-refractivity contribution in [3.63, 3.8) is 0 Å². The molecule has 0 spiro atoms. The van der Waals surface area contributed by atoms with Crippen LogP contribution in [-0.4, -0.2) is 24.0 Å². The van der Waals surface area contributed by atoms with Gasteiger partial charge >= 0.3 is 0 Å². The maximum absolute atomic E-state index is 2.64. The molecular formula is C12H23N. The third-order valence-electron chi connectivity index (χ3n) is 3.21. The van der Waals surface area contributed by atoms with E-state index in [4.69, 9.17) is 0 Å². The molecule has 1 atom stereocenters. The highest BCUT2D eigenvalue weighted by atomic mass is 15.2. The largest absolute Gasteiger partial charge is 0.296 e. The second-order valence-corrected chi connectivity index (χ2v) is 4.03. The molecule has 2 aliphatic rings. The Hall–Kier alpha value is -0.300. The van der Waals surface area contributed by atoms with Crippen LogP contribution in [-0.2, 0) is 0 Å². The molecule has 0 aromatic heterocycles. The van der Waals surface area contributed by atoms with Crippen LogP contribution in [0.2, 0.25) is 0 Å². The molecule has 0 N–H and O–H groups in total. The lowest BCUT2D eigenvalue weighted by Crippen LogP contribution is -2.34. The second kappa shape index (κ2) is 4.80. The first-order valence-electron chi connectivity index (χ1n) is 5.66. The first-order valence-corrected chi connectivity index (χ1v) is 5.66. The zero-order chi connectivity index (χ0) is 9.84. The summed E-state index contributed by atoms with van der Waals surface area (Å²) in [6.07, 6.45) is 4.20. The number of hydrogen-bond donors (Lipinski definition) is 0. The molecule has 2 aliphatic heterocycles. The molecule has 0 saturated carbocycles. The average molecular weight is 181 g/mol. The minimum atomic E-state index is 0.902. The van der Waals surface area contributed by atoms with E-state index >= 15 is 0 Å². The van der Waals surface area contributed by atoms with E-state index < -0.39 is 0 Å². The molecule has 1 saturated heterocycles. The molecule has 1 heteroatoms.